The summed E-state index contributed by atoms with van der Waals surface area (Å²) in [5.74, 6) is 1.37. The maximum absolute atomic E-state index is 12.8. The first-order valence-corrected chi connectivity index (χ1v) is 10.6. The summed E-state index contributed by atoms with van der Waals surface area (Å²) in [7, 11) is 0. The van der Waals surface area contributed by atoms with Crippen LogP contribution in [-0.2, 0) is 6.18 Å². The summed E-state index contributed by atoms with van der Waals surface area (Å²) < 4.78 is 44.3. The Bertz CT molecular complexity index is 918. The average molecular weight is 415 g/mol. The summed E-state index contributed by atoms with van der Waals surface area (Å²) in [6.07, 6.45) is 1.44. The van der Waals surface area contributed by atoms with E-state index >= 15 is 0 Å². The van der Waals surface area contributed by atoms with Gasteiger partial charge in [-0.05, 0) is 78.1 Å². The molecule has 0 unspecified atom stereocenters. The predicted octanol–water partition coefficient (Wildman–Crippen LogP) is 8.18. The van der Waals surface area contributed by atoms with Crippen LogP contribution in [0.1, 0.15) is 69.1 Å². The van der Waals surface area contributed by atoms with Gasteiger partial charge in [0.2, 0.25) is 0 Å². The van der Waals surface area contributed by atoms with Gasteiger partial charge >= 0.3 is 6.18 Å². The van der Waals surface area contributed by atoms with Gasteiger partial charge in [-0.3, -0.25) is 0 Å². The van der Waals surface area contributed by atoms with Crippen LogP contribution in [0.3, 0.4) is 0 Å². The first-order valence-electron chi connectivity index (χ1n) is 10.6. The van der Waals surface area contributed by atoms with E-state index in [1.54, 1.807) is 12.1 Å². The third kappa shape index (κ3) is 5.56. The third-order valence-electron chi connectivity index (χ3n) is 5.60. The second-order valence-electron chi connectivity index (χ2n) is 8.08. The van der Waals surface area contributed by atoms with E-state index in [1.165, 1.54) is 28.8 Å². The maximum atomic E-state index is 12.8. The topological polar surface area (TPSA) is 9.23 Å². The molecule has 0 amide bonds. The molecule has 1 nitrogen and oxygen atoms in total. The van der Waals surface area contributed by atoms with Crippen molar-refractivity contribution in [1.82, 2.24) is 0 Å². The summed E-state index contributed by atoms with van der Waals surface area (Å²) in [5, 5.41) is 0. The molecule has 0 aromatic heterocycles. The second kappa shape index (κ2) is 9.55. The van der Waals surface area contributed by atoms with Crippen molar-refractivity contribution in [3.8, 4) is 5.75 Å². The van der Waals surface area contributed by atoms with Gasteiger partial charge in [-0.2, -0.15) is 13.2 Å². The molecule has 0 saturated carbocycles. The molecule has 0 saturated heterocycles. The quantitative estimate of drug-likeness (QED) is 0.396. The number of hydrogen-bond acceptors (Lipinski definition) is 1. The lowest BCUT2D eigenvalue weighted by atomic mass is 10.0. The fourth-order valence-corrected chi connectivity index (χ4v) is 3.78. The van der Waals surface area contributed by atoms with Crippen molar-refractivity contribution in [2.45, 2.75) is 58.5 Å². The first kappa shape index (κ1) is 22.2. The Labute approximate surface area is 177 Å². The number of alkyl halides is 3. The van der Waals surface area contributed by atoms with Crippen LogP contribution >= 0.6 is 0 Å². The summed E-state index contributed by atoms with van der Waals surface area (Å²) in [6.45, 7) is 7.11. The molecule has 30 heavy (non-hydrogen) atoms. The Kier molecular flexibility index (Phi) is 7.06. The lowest BCUT2D eigenvalue weighted by Crippen LogP contribution is -2.04. The molecule has 3 rings (SSSR count). The molecule has 0 heterocycles. The van der Waals surface area contributed by atoms with Crippen molar-refractivity contribution >= 4 is 5.57 Å². The van der Waals surface area contributed by atoms with Crippen LogP contribution in [0.5, 0.6) is 5.75 Å². The highest BCUT2D eigenvalue weighted by atomic mass is 19.4. The van der Waals surface area contributed by atoms with Gasteiger partial charge in [0.1, 0.15) is 5.75 Å². The summed E-state index contributed by atoms with van der Waals surface area (Å²) >= 11 is 0. The van der Waals surface area contributed by atoms with E-state index in [1.807, 2.05) is 12.1 Å². The van der Waals surface area contributed by atoms with Gasteiger partial charge in [0, 0.05) is 0 Å². The van der Waals surface area contributed by atoms with E-state index in [0.29, 0.717) is 12.5 Å². The molecule has 160 valence electrons. The molecule has 0 radical (unpaired) electrons. The van der Waals surface area contributed by atoms with Crippen LogP contribution < -0.4 is 4.74 Å². The Morgan fingerprint density at radius 1 is 1.03 bits per heavy atom. The highest BCUT2D eigenvalue weighted by Crippen LogP contribution is 2.37. The van der Waals surface area contributed by atoms with E-state index in [4.69, 9.17) is 4.74 Å². The van der Waals surface area contributed by atoms with Crippen LogP contribution in [0.25, 0.3) is 5.57 Å². The van der Waals surface area contributed by atoms with Gasteiger partial charge in [-0.25, -0.2) is 0 Å². The van der Waals surface area contributed by atoms with Crippen molar-refractivity contribution < 1.29 is 17.9 Å². The molecule has 0 bridgehead atoms. The standard InChI is InChI=1S/C26H29F3O/c1-4-19-15-23(20-10-12-24(13-11-20)26(27,28)29)16-22(19)8-6-14-30-25-9-5-7-21(17-25)18(2)3/h5,7,9-13,16-18H,4,6,8,14-15H2,1-3H3. The van der Waals surface area contributed by atoms with E-state index in [-0.39, 0.29) is 0 Å². The monoisotopic (exact) mass is 414 g/mol. The number of hydrogen-bond donors (Lipinski definition) is 0. The van der Waals surface area contributed by atoms with Gasteiger partial charge in [0.05, 0.1) is 12.2 Å². The minimum Gasteiger partial charge on any atom is -0.494 e. The molecule has 0 N–H and O–H groups in total. The third-order valence-corrected chi connectivity index (χ3v) is 5.60. The van der Waals surface area contributed by atoms with Crippen LogP contribution in [0.15, 0.2) is 65.8 Å². The molecule has 0 aliphatic heterocycles. The van der Waals surface area contributed by atoms with Gasteiger partial charge in [-0.1, -0.05) is 56.7 Å². The smallest absolute Gasteiger partial charge is 0.416 e. The largest absolute Gasteiger partial charge is 0.494 e. The molecular weight excluding hydrogens is 385 g/mol. The van der Waals surface area contributed by atoms with Crippen molar-refractivity contribution in [2.24, 2.45) is 0 Å². The average Bonchev–Trinajstić information content (AvgIpc) is 3.14. The van der Waals surface area contributed by atoms with Gasteiger partial charge in [0.25, 0.3) is 0 Å². The Balaban J connectivity index is 1.58. The summed E-state index contributed by atoms with van der Waals surface area (Å²) in [4.78, 5) is 0. The van der Waals surface area contributed by atoms with E-state index in [9.17, 15) is 13.2 Å². The lowest BCUT2D eigenvalue weighted by Gasteiger charge is -2.10. The summed E-state index contributed by atoms with van der Waals surface area (Å²) in [5.41, 5.74) is 5.29. The Hall–Kier alpha value is -2.49. The molecular formula is C26H29F3O. The van der Waals surface area contributed by atoms with Crippen molar-refractivity contribution in [1.29, 1.82) is 0 Å². The highest BCUT2D eigenvalue weighted by Gasteiger charge is 2.30. The number of allylic oxidation sites excluding steroid dienone is 4. The molecule has 1 aliphatic carbocycles. The van der Waals surface area contributed by atoms with E-state index < -0.39 is 11.7 Å². The molecule has 2 aromatic carbocycles. The Morgan fingerprint density at radius 3 is 2.40 bits per heavy atom. The molecule has 2 aromatic rings. The fraction of sp³-hybridized carbons (Fsp3) is 0.385. The van der Waals surface area contributed by atoms with Crippen LogP contribution in [0.2, 0.25) is 0 Å². The number of rotatable bonds is 8. The predicted molar refractivity (Wildman–Crippen MR) is 117 cm³/mol. The van der Waals surface area contributed by atoms with E-state index in [2.05, 4.69) is 39.0 Å². The fourth-order valence-electron chi connectivity index (χ4n) is 3.78. The van der Waals surface area contributed by atoms with E-state index in [0.717, 1.165) is 42.6 Å². The highest BCUT2D eigenvalue weighted by molar-refractivity contribution is 5.74. The van der Waals surface area contributed by atoms with Crippen LogP contribution in [0.4, 0.5) is 13.2 Å². The van der Waals surface area contributed by atoms with Gasteiger partial charge in [-0.15, -0.1) is 0 Å². The normalized spacial score (nSPS) is 14.4. The van der Waals surface area contributed by atoms with Crippen molar-refractivity contribution in [3.63, 3.8) is 0 Å². The number of halogens is 3. The Morgan fingerprint density at radius 2 is 1.77 bits per heavy atom. The number of ether oxygens (including phenoxy) is 1. The molecule has 0 atom stereocenters. The number of benzene rings is 2. The molecule has 0 fully saturated rings. The van der Waals surface area contributed by atoms with Gasteiger partial charge in [0.15, 0.2) is 0 Å². The van der Waals surface area contributed by atoms with Crippen molar-refractivity contribution in [3.05, 3.63) is 82.4 Å². The van der Waals surface area contributed by atoms with Crippen LogP contribution in [-0.4, -0.2) is 6.61 Å². The lowest BCUT2D eigenvalue weighted by molar-refractivity contribution is -0.137. The maximum Gasteiger partial charge on any atom is 0.416 e. The molecule has 1 aliphatic rings. The summed E-state index contributed by atoms with van der Waals surface area (Å²) in [6, 6.07) is 13.7. The zero-order valence-electron chi connectivity index (χ0n) is 17.9. The zero-order valence-corrected chi connectivity index (χ0v) is 17.9. The SMILES string of the molecule is CCC1=C(CCCOc2cccc(C(C)C)c2)C=C(c2ccc(C(F)(F)F)cc2)C1. The minimum absolute atomic E-state index is 0.470. The minimum atomic E-state index is -4.30. The molecule has 4 heteroatoms. The first-order chi connectivity index (χ1) is 14.3. The van der Waals surface area contributed by atoms with Crippen molar-refractivity contribution in [2.75, 3.05) is 6.61 Å². The molecule has 0 spiro atoms. The second-order valence-corrected chi connectivity index (χ2v) is 8.08. The van der Waals surface area contributed by atoms with Crippen LogP contribution in [0, 0.1) is 0 Å². The zero-order chi connectivity index (χ0) is 21.7. The van der Waals surface area contributed by atoms with Gasteiger partial charge < -0.3 is 4.74 Å².